The topological polar surface area (TPSA) is 123 Å². The molecule has 36 heavy (non-hydrogen) atoms. The lowest BCUT2D eigenvalue weighted by atomic mass is 9.97. The number of nitrogens with one attached hydrogen (secondary N) is 2. The van der Waals surface area contributed by atoms with Crippen molar-refractivity contribution in [3.05, 3.63) is 78.0 Å². The van der Waals surface area contributed by atoms with Gasteiger partial charge in [0.05, 0.1) is 11.6 Å². The number of ketones is 1. The SMILES string of the molecule is CC(C)(C)OC(=O)N[C@@H](CN)C(=O)N[C@@H](CCc1ccccc1)C(=O)Cc1cnc2ccccc2c1. The van der Waals surface area contributed by atoms with Crippen LogP contribution in [0, 0.1) is 0 Å². The van der Waals surface area contributed by atoms with Gasteiger partial charge >= 0.3 is 6.09 Å². The molecule has 3 rings (SSSR count). The third kappa shape index (κ3) is 8.16. The number of nitrogens with zero attached hydrogens (tertiary/aromatic N) is 1. The number of fused-ring (bicyclic) bond motifs is 1. The lowest BCUT2D eigenvalue weighted by Crippen LogP contribution is -2.55. The molecule has 190 valence electrons. The van der Waals surface area contributed by atoms with E-state index in [-0.39, 0.29) is 18.7 Å². The first kappa shape index (κ1) is 26.8. The number of Topliss-reactive ketones (excluding diaryl/α,β-unsaturated/α-hetero) is 1. The van der Waals surface area contributed by atoms with Gasteiger partial charge in [-0.05, 0) is 56.9 Å². The maximum Gasteiger partial charge on any atom is 0.408 e. The zero-order valence-corrected chi connectivity index (χ0v) is 21.0. The fourth-order valence-corrected chi connectivity index (χ4v) is 3.76. The number of ether oxygens (including phenoxy) is 1. The van der Waals surface area contributed by atoms with Crippen LogP contribution in [-0.2, 0) is 27.2 Å². The monoisotopic (exact) mass is 490 g/mol. The summed E-state index contributed by atoms with van der Waals surface area (Å²) in [5, 5.41) is 6.24. The molecule has 1 heterocycles. The Balaban J connectivity index is 1.73. The van der Waals surface area contributed by atoms with Crippen LogP contribution in [0.3, 0.4) is 0 Å². The van der Waals surface area contributed by atoms with Crippen LogP contribution in [0.25, 0.3) is 10.9 Å². The van der Waals surface area contributed by atoms with E-state index >= 15 is 0 Å². The second-order valence-corrected chi connectivity index (χ2v) is 9.70. The van der Waals surface area contributed by atoms with Gasteiger partial charge in [-0.1, -0.05) is 48.5 Å². The van der Waals surface area contributed by atoms with E-state index < -0.39 is 29.7 Å². The number of para-hydroxylation sites is 1. The molecular weight excluding hydrogens is 456 g/mol. The molecule has 0 spiro atoms. The summed E-state index contributed by atoms with van der Waals surface area (Å²) in [6.45, 7) is 5.04. The predicted molar refractivity (Wildman–Crippen MR) is 139 cm³/mol. The highest BCUT2D eigenvalue weighted by Gasteiger charge is 2.27. The number of carbonyl (C=O) groups excluding carboxylic acids is 3. The molecule has 4 N–H and O–H groups in total. The number of rotatable bonds is 10. The summed E-state index contributed by atoms with van der Waals surface area (Å²) in [7, 11) is 0. The Morgan fingerprint density at radius 1 is 0.944 bits per heavy atom. The van der Waals surface area contributed by atoms with Crippen molar-refractivity contribution in [2.75, 3.05) is 6.54 Å². The zero-order valence-electron chi connectivity index (χ0n) is 21.0. The van der Waals surface area contributed by atoms with Gasteiger partial charge in [-0.2, -0.15) is 0 Å². The Morgan fingerprint density at radius 3 is 2.33 bits per heavy atom. The lowest BCUT2D eigenvalue weighted by molar-refractivity contribution is -0.128. The highest BCUT2D eigenvalue weighted by Crippen LogP contribution is 2.15. The van der Waals surface area contributed by atoms with Gasteiger partial charge in [0.25, 0.3) is 0 Å². The van der Waals surface area contributed by atoms with Gasteiger partial charge in [0.2, 0.25) is 5.91 Å². The fourth-order valence-electron chi connectivity index (χ4n) is 3.76. The highest BCUT2D eigenvalue weighted by molar-refractivity contribution is 5.93. The van der Waals surface area contributed by atoms with Crippen LogP contribution in [0.1, 0.15) is 38.3 Å². The molecule has 0 radical (unpaired) electrons. The van der Waals surface area contributed by atoms with Crippen LogP contribution in [0.15, 0.2) is 66.9 Å². The molecule has 0 aliphatic rings. The van der Waals surface area contributed by atoms with Crippen molar-refractivity contribution in [3.63, 3.8) is 0 Å². The minimum Gasteiger partial charge on any atom is -0.444 e. The van der Waals surface area contributed by atoms with E-state index in [4.69, 9.17) is 10.5 Å². The van der Waals surface area contributed by atoms with Crippen LogP contribution in [-0.4, -0.2) is 47.0 Å². The minimum atomic E-state index is -1.03. The van der Waals surface area contributed by atoms with Crippen LogP contribution in [0.2, 0.25) is 0 Å². The van der Waals surface area contributed by atoms with Gasteiger partial charge in [-0.3, -0.25) is 14.6 Å². The molecule has 0 aliphatic heterocycles. The normalized spacial score (nSPS) is 13.0. The third-order valence-corrected chi connectivity index (χ3v) is 5.54. The standard InChI is InChI=1S/C28H34N4O4/c1-28(2,3)36-27(35)32-24(17-29)26(34)31-23(14-13-19-9-5-4-6-10-19)25(33)16-20-15-21-11-7-8-12-22(21)30-18-20/h4-12,15,18,23-24H,13-14,16-17,29H2,1-3H3,(H,31,34)(H,32,35)/t23-,24-/m0/s1. The Labute approximate surface area is 211 Å². The van der Waals surface area contributed by atoms with E-state index in [0.29, 0.717) is 12.8 Å². The summed E-state index contributed by atoms with van der Waals surface area (Å²) in [5.41, 5.74) is 7.70. The maximum atomic E-state index is 13.3. The largest absolute Gasteiger partial charge is 0.444 e. The molecule has 0 aliphatic carbocycles. The number of carbonyl (C=O) groups is 3. The summed E-state index contributed by atoms with van der Waals surface area (Å²) < 4.78 is 5.23. The van der Waals surface area contributed by atoms with Crippen molar-refractivity contribution in [1.29, 1.82) is 0 Å². The molecule has 0 unspecified atom stereocenters. The molecule has 2 atom stereocenters. The molecule has 2 aromatic carbocycles. The van der Waals surface area contributed by atoms with Crippen molar-refractivity contribution < 1.29 is 19.1 Å². The number of nitrogens with two attached hydrogens (primary N) is 1. The summed E-state index contributed by atoms with van der Waals surface area (Å²) in [5.74, 6) is -0.684. The second-order valence-electron chi connectivity index (χ2n) is 9.70. The molecule has 8 heteroatoms. The summed E-state index contributed by atoms with van der Waals surface area (Å²) in [6.07, 6.45) is 2.05. The first-order valence-corrected chi connectivity index (χ1v) is 12.0. The van der Waals surface area contributed by atoms with Crippen LogP contribution in [0.5, 0.6) is 0 Å². The van der Waals surface area contributed by atoms with Gasteiger partial charge in [0.15, 0.2) is 5.78 Å². The van der Waals surface area contributed by atoms with E-state index in [1.165, 1.54) is 0 Å². The first-order chi connectivity index (χ1) is 17.1. The van der Waals surface area contributed by atoms with E-state index in [1.807, 2.05) is 60.7 Å². The number of benzene rings is 2. The molecule has 0 saturated carbocycles. The number of aryl methyl sites for hydroxylation is 1. The smallest absolute Gasteiger partial charge is 0.408 e. The fraction of sp³-hybridized carbons (Fsp3) is 0.357. The molecule has 0 bridgehead atoms. The first-order valence-electron chi connectivity index (χ1n) is 12.0. The molecule has 3 aromatic rings. The average molecular weight is 491 g/mol. The van der Waals surface area contributed by atoms with E-state index in [1.54, 1.807) is 27.0 Å². The Bertz CT molecular complexity index is 1190. The quantitative estimate of drug-likeness (QED) is 0.401. The van der Waals surface area contributed by atoms with Crippen LogP contribution in [0.4, 0.5) is 4.79 Å². The van der Waals surface area contributed by atoms with E-state index in [0.717, 1.165) is 22.0 Å². The van der Waals surface area contributed by atoms with E-state index in [9.17, 15) is 14.4 Å². The van der Waals surface area contributed by atoms with Crippen molar-refractivity contribution in [1.82, 2.24) is 15.6 Å². The van der Waals surface area contributed by atoms with Crippen molar-refractivity contribution in [3.8, 4) is 0 Å². The van der Waals surface area contributed by atoms with Gasteiger partial charge in [-0.15, -0.1) is 0 Å². The average Bonchev–Trinajstić information content (AvgIpc) is 2.84. The Hall–Kier alpha value is -3.78. The molecule has 0 saturated heterocycles. The Kier molecular flexibility index (Phi) is 9.13. The number of hydrogen-bond acceptors (Lipinski definition) is 6. The molecule has 1 aromatic heterocycles. The molecule has 2 amide bonds. The molecular formula is C28H34N4O4. The lowest BCUT2D eigenvalue weighted by Gasteiger charge is -2.24. The van der Waals surface area contributed by atoms with Crippen molar-refractivity contribution in [2.45, 2.75) is 57.7 Å². The van der Waals surface area contributed by atoms with Gasteiger partial charge in [0, 0.05) is 24.5 Å². The van der Waals surface area contributed by atoms with Gasteiger partial charge in [-0.25, -0.2) is 4.79 Å². The predicted octanol–water partition coefficient (Wildman–Crippen LogP) is 3.32. The zero-order chi connectivity index (χ0) is 26.1. The van der Waals surface area contributed by atoms with Gasteiger partial charge < -0.3 is 21.1 Å². The van der Waals surface area contributed by atoms with Crippen molar-refractivity contribution >= 4 is 28.7 Å². The molecule has 8 nitrogen and oxygen atoms in total. The van der Waals surface area contributed by atoms with E-state index in [2.05, 4.69) is 15.6 Å². The maximum absolute atomic E-state index is 13.3. The highest BCUT2D eigenvalue weighted by atomic mass is 16.6. The van der Waals surface area contributed by atoms with Crippen molar-refractivity contribution in [2.24, 2.45) is 5.73 Å². The van der Waals surface area contributed by atoms with Crippen LogP contribution >= 0.6 is 0 Å². The third-order valence-electron chi connectivity index (χ3n) is 5.54. The second kappa shape index (κ2) is 12.3. The number of alkyl carbamates (subject to hydrolysis) is 1. The Morgan fingerprint density at radius 2 is 1.64 bits per heavy atom. The minimum absolute atomic E-state index is 0.115. The summed E-state index contributed by atoms with van der Waals surface area (Å²) >= 11 is 0. The van der Waals surface area contributed by atoms with Gasteiger partial charge in [0.1, 0.15) is 11.6 Å². The molecule has 0 fully saturated rings. The van der Waals surface area contributed by atoms with Crippen LogP contribution < -0.4 is 16.4 Å². The number of pyridine rings is 1. The number of hydrogen-bond donors (Lipinski definition) is 3. The summed E-state index contributed by atoms with van der Waals surface area (Å²) in [6, 6.07) is 17.6. The number of amides is 2. The summed E-state index contributed by atoms with van der Waals surface area (Å²) in [4.78, 5) is 42.9. The number of aromatic nitrogens is 1.